The van der Waals surface area contributed by atoms with Crippen molar-refractivity contribution in [3.63, 3.8) is 0 Å². The lowest BCUT2D eigenvalue weighted by Crippen LogP contribution is -2.14. The van der Waals surface area contributed by atoms with Gasteiger partial charge in [-0.15, -0.1) is 0 Å². The van der Waals surface area contributed by atoms with E-state index >= 15 is 0 Å². The van der Waals surface area contributed by atoms with Gasteiger partial charge in [0.15, 0.2) is 0 Å². The van der Waals surface area contributed by atoms with E-state index in [0.29, 0.717) is 17.7 Å². The van der Waals surface area contributed by atoms with Crippen LogP contribution in [-0.4, -0.2) is 13.0 Å². The predicted molar refractivity (Wildman–Crippen MR) is 102 cm³/mol. The summed E-state index contributed by atoms with van der Waals surface area (Å²) in [6, 6.07) is 12.2. The Morgan fingerprint density at radius 3 is 1.81 bits per heavy atom. The topological polar surface area (TPSA) is 52.3 Å². The van der Waals surface area contributed by atoms with Crippen LogP contribution < -0.4 is 10.5 Å². The molecule has 3 nitrogen and oxygen atoms in total. The van der Waals surface area contributed by atoms with Gasteiger partial charge < -0.3 is 10.5 Å². The van der Waals surface area contributed by atoms with Crippen molar-refractivity contribution in [1.82, 2.24) is 0 Å². The Bertz CT molecular complexity index is 1090. The number of primary amides is 1. The minimum Gasteiger partial charge on any atom is -0.495 e. The molecular formula is C22H15F6NO2. The maximum atomic E-state index is 13.4. The van der Waals surface area contributed by atoms with Gasteiger partial charge in [-0.05, 0) is 41.0 Å². The van der Waals surface area contributed by atoms with E-state index in [1.165, 1.54) is 12.1 Å². The van der Waals surface area contributed by atoms with E-state index in [0.717, 1.165) is 7.11 Å². The molecule has 0 saturated carbocycles. The maximum Gasteiger partial charge on any atom is 0.416 e. The van der Waals surface area contributed by atoms with Crippen molar-refractivity contribution in [3.05, 3.63) is 77.4 Å². The molecule has 0 fully saturated rings. The predicted octanol–water partition coefficient (Wildman–Crippen LogP) is 6.17. The van der Waals surface area contributed by atoms with Crippen LogP contribution in [0.3, 0.4) is 0 Å². The Morgan fingerprint density at radius 1 is 0.806 bits per heavy atom. The molecule has 3 rings (SSSR count). The number of rotatable bonds is 4. The van der Waals surface area contributed by atoms with Crippen LogP contribution in [0.2, 0.25) is 0 Å². The fourth-order valence-corrected chi connectivity index (χ4v) is 3.23. The molecule has 0 radical (unpaired) electrons. The second-order valence-corrected chi connectivity index (χ2v) is 6.59. The molecule has 31 heavy (non-hydrogen) atoms. The van der Waals surface area contributed by atoms with Crippen LogP contribution in [0.1, 0.15) is 21.5 Å². The summed E-state index contributed by atoms with van der Waals surface area (Å²) in [6.07, 6.45) is -10.1. The van der Waals surface area contributed by atoms with E-state index in [-0.39, 0.29) is 28.5 Å². The summed E-state index contributed by atoms with van der Waals surface area (Å²) in [5.74, 6) is -1.16. The lowest BCUT2D eigenvalue weighted by molar-refractivity contribution is -0.143. The third-order valence-corrected chi connectivity index (χ3v) is 4.59. The number of nitrogens with two attached hydrogens (primary N) is 1. The number of amides is 1. The van der Waals surface area contributed by atoms with E-state index in [2.05, 4.69) is 0 Å². The van der Waals surface area contributed by atoms with Gasteiger partial charge in [0.05, 0.1) is 23.8 Å². The quantitative estimate of drug-likeness (QED) is 0.495. The highest BCUT2D eigenvalue weighted by atomic mass is 19.4. The van der Waals surface area contributed by atoms with Crippen LogP contribution in [0, 0.1) is 0 Å². The summed E-state index contributed by atoms with van der Waals surface area (Å²) in [7, 11) is 1.15. The Hall–Kier alpha value is -3.49. The van der Waals surface area contributed by atoms with Gasteiger partial charge in [-0.25, -0.2) is 0 Å². The van der Waals surface area contributed by atoms with E-state index in [4.69, 9.17) is 10.5 Å². The standard InChI is InChI=1S/C22H15F6NO2/c1-31-19-17(20(29)30)8-7-16(12-5-3-2-4-6-12)18(19)13-9-14(21(23,24)25)11-15(10-13)22(26,27)28/h2-11H,1H3,(H2,29,30). The molecule has 0 spiro atoms. The van der Waals surface area contributed by atoms with Crippen LogP contribution in [0.25, 0.3) is 22.3 Å². The largest absolute Gasteiger partial charge is 0.495 e. The van der Waals surface area contributed by atoms with E-state index in [1.54, 1.807) is 30.3 Å². The molecule has 9 heteroatoms. The van der Waals surface area contributed by atoms with Crippen LogP contribution in [0.4, 0.5) is 26.3 Å². The number of alkyl halides is 6. The summed E-state index contributed by atoms with van der Waals surface area (Å²) in [6.45, 7) is 0. The zero-order valence-corrected chi connectivity index (χ0v) is 15.9. The number of benzene rings is 3. The SMILES string of the molecule is COc1c(C(N)=O)ccc(-c2ccccc2)c1-c1cc(C(F)(F)F)cc(C(F)(F)F)c1. The fourth-order valence-electron chi connectivity index (χ4n) is 3.23. The molecule has 0 unspecified atom stereocenters. The lowest BCUT2D eigenvalue weighted by atomic mass is 9.89. The number of carbonyl (C=O) groups is 1. The number of halogens is 6. The van der Waals surface area contributed by atoms with Crippen molar-refractivity contribution >= 4 is 5.91 Å². The zero-order chi connectivity index (χ0) is 23.0. The van der Waals surface area contributed by atoms with Crippen LogP contribution in [0.15, 0.2) is 60.7 Å². The van der Waals surface area contributed by atoms with Crippen molar-refractivity contribution < 1.29 is 35.9 Å². The molecule has 0 aromatic heterocycles. The van der Waals surface area contributed by atoms with E-state index in [9.17, 15) is 31.1 Å². The smallest absolute Gasteiger partial charge is 0.416 e. The minimum absolute atomic E-state index is 0.0378. The minimum atomic E-state index is -5.03. The monoisotopic (exact) mass is 439 g/mol. The molecule has 0 bridgehead atoms. The van der Waals surface area contributed by atoms with Crippen molar-refractivity contribution in [2.75, 3.05) is 7.11 Å². The lowest BCUT2D eigenvalue weighted by Gasteiger charge is -2.20. The number of ether oxygens (including phenoxy) is 1. The molecule has 1 amide bonds. The Morgan fingerprint density at radius 2 is 1.35 bits per heavy atom. The second kappa shape index (κ2) is 7.98. The van der Waals surface area contributed by atoms with E-state index < -0.39 is 35.0 Å². The first kappa shape index (κ1) is 22.2. The fraction of sp³-hybridized carbons (Fsp3) is 0.136. The molecule has 0 heterocycles. The third kappa shape index (κ3) is 4.50. The van der Waals surface area contributed by atoms with Gasteiger partial charge in [0.2, 0.25) is 0 Å². The maximum absolute atomic E-state index is 13.4. The van der Waals surface area contributed by atoms with Crippen molar-refractivity contribution in [1.29, 1.82) is 0 Å². The van der Waals surface area contributed by atoms with Gasteiger partial charge in [-0.3, -0.25) is 4.79 Å². The molecule has 2 N–H and O–H groups in total. The van der Waals surface area contributed by atoms with Crippen LogP contribution in [0.5, 0.6) is 5.75 Å². The van der Waals surface area contributed by atoms with Crippen molar-refractivity contribution in [2.24, 2.45) is 5.73 Å². The Labute approximate surface area is 173 Å². The van der Waals surface area contributed by atoms with Gasteiger partial charge >= 0.3 is 12.4 Å². The number of hydrogen-bond acceptors (Lipinski definition) is 2. The van der Waals surface area contributed by atoms with Gasteiger partial charge in [-0.2, -0.15) is 26.3 Å². The molecule has 0 saturated heterocycles. The zero-order valence-electron chi connectivity index (χ0n) is 15.9. The molecule has 0 aliphatic rings. The van der Waals surface area contributed by atoms with Gasteiger partial charge in [0.1, 0.15) is 5.75 Å². The highest BCUT2D eigenvalue weighted by molar-refractivity contribution is 6.01. The summed E-state index contributed by atoms with van der Waals surface area (Å²) in [5, 5.41) is 0. The third-order valence-electron chi connectivity index (χ3n) is 4.59. The first-order valence-corrected chi connectivity index (χ1v) is 8.79. The second-order valence-electron chi connectivity index (χ2n) is 6.59. The Balaban J connectivity index is 2.45. The molecule has 3 aromatic rings. The summed E-state index contributed by atoms with van der Waals surface area (Å²) >= 11 is 0. The van der Waals surface area contributed by atoms with Gasteiger partial charge in [0, 0.05) is 5.56 Å². The average molecular weight is 439 g/mol. The molecule has 162 valence electrons. The molecule has 0 atom stereocenters. The van der Waals surface area contributed by atoms with Crippen molar-refractivity contribution in [3.8, 4) is 28.0 Å². The molecular weight excluding hydrogens is 424 g/mol. The Kier molecular flexibility index (Phi) is 5.71. The van der Waals surface area contributed by atoms with Gasteiger partial charge in [0.25, 0.3) is 5.91 Å². The number of methoxy groups -OCH3 is 1. The number of hydrogen-bond donors (Lipinski definition) is 1. The molecule has 0 aliphatic carbocycles. The first-order chi connectivity index (χ1) is 14.4. The normalized spacial score (nSPS) is 12.0. The highest BCUT2D eigenvalue weighted by Crippen LogP contribution is 2.45. The van der Waals surface area contributed by atoms with Crippen LogP contribution in [-0.2, 0) is 12.4 Å². The summed E-state index contributed by atoms with van der Waals surface area (Å²) in [4.78, 5) is 11.8. The molecule has 0 aliphatic heterocycles. The molecule has 3 aromatic carbocycles. The van der Waals surface area contributed by atoms with Crippen LogP contribution >= 0.6 is 0 Å². The first-order valence-electron chi connectivity index (χ1n) is 8.79. The average Bonchev–Trinajstić information content (AvgIpc) is 2.71. The van der Waals surface area contributed by atoms with Crippen molar-refractivity contribution in [2.45, 2.75) is 12.4 Å². The summed E-state index contributed by atoms with van der Waals surface area (Å²) < 4.78 is 85.6. The van der Waals surface area contributed by atoms with Gasteiger partial charge in [-0.1, -0.05) is 36.4 Å². The van der Waals surface area contributed by atoms with E-state index in [1.807, 2.05) is 0 Å². The highest BCUT2D eigenvalue weighted by Gasteiger charge is 2.37. The summed E-state index contributed by atoms with van der Waals surface area (Å²) in [5.41, 5.74) is 2.45. The number of carbonyl (C=O) groups excluding carboxylic acids is 1.